The number of hydrogen-bond donors (Lipinski definition) is 1. The average Bonchev–Trinajstić information content (AvgIpc) is 2.77. The minimum atomic E-state index is -4.09. The van der Waals surface area contributed by atoms with Crippen molar-refractivity contribution in [3.63, 3.8) is 0 Å². The maximum Gasteiger partial charge on any atom is 0.318 e. The molecule has 2 rings (SSSR count). The Morgan fingerprint density at radius 2 is 2.13 bits per heavy atom. The van der Waals surface area contributed by atoms with E-state index in [0.717, 1.165) is 4.31 Å². The molecule has 0 aliphatic rings. The number of aliphatic carboxylic acids is 1. The van der Waals surface area contributed by atoms with Gasteiger partial charge in [-0.15, -0.1) is 0 Å². The quantitative estimate of drug-likeness (QED) is 0.851. The smallest absolute Gasteiger partial charge is 0.318 e. The lowest BCUT2D eigenvalue weighted by Crippen LogP contribution is -2.36. The summed E-state index contributed by atoms with van der Waals surface area (Å²) in [5.41, 5.74) is 0.761. The number of rotatable bonds is 6. The zero-order valence-corrected chi connectivity index (χ0v) is 13.4. The van der Waals surface area contributed by atoms with Gasteiger partial charge in [-0.2, -0.15) is 9.40 Å². The molecule has 0 saturated carbocycles. The maximum atomic E-state index is 13.3. The Morgan fingerprint density at radius 1 is 1.43 bits per heavy atom. The van der Waals surface area contributed by atoms with Gasteiger partial charge in [0.25, 0.3) is 10.0 Å². The highest BCUT2D eigenvalue weighted by Crippen LogP contribution is 2.21. The van der Waals surface area contributed by atoms with Gasteiger partial charge in [0.2, 0.25) is 0 Å². The molecular formula is C14H16FN3O4S. The normalized spacial score (nSPS) is 11.8. The number of sulfonamides is 1. The highest BCUT2D eigenvalue weighted by atomic mass is 32.2. The summed E-state index contributed by atoms with van der Waals surface area (Å²) in [6.07, 6.45) is 1.38. The molecule has 0 aliphatic heterocycles. The van der Waals surface area contributed by atoms with Crippen LogP contribution < -0.4 is 0 Å². The Balaban J connectivity index is 2.44. The number of hydrogen-bond acceptors (Lipinski definition) is 4. The molecule has 1 aromatic heterocycles. The number of aromatic nitrogens is 2. The molecule has 124 valence electrons. The molecule has 0 saturated heterocycles. The number of nitrogens with zero attached hydrogens (tertiary/aromatic N) is 3. The summed E-state index contributed by atoms with van der Waals surface area (Å²) in [4.78, 5) is 11.1. The second-order valence-electron chi connectivity index (χ2n) is 5.05. The summed E-state index contributed by atoms with van der Waals surface area (Å²) in [5, 5.41) is 12.8. The molecule has 23 heavy (non-hydrogen) atoms. The van der Waals surface area contributed by atoms with Gasteiger partial charge in [0.1, 0.15) is 12.4 Å². The van der Waals surface area contributed by atoms with Crippen molar-refractivity contribution in [3.8, 4) is 0 Å². The van der Waals surface area contributed by atoms with E-state index in [1.54, 1.807) is 6.92 Å². The van der Waals surface area contributed by atoms with E-state index < -0.39 is 28.4 Å². The maximum absolute atomic E-state index is 13.3. The fourth-order valence-corrected chi connectivity index (χ4v) is 3.93. The van der Waals surface area contributed by atoms with Gasteiger partial charge in [0.15, 0.2) is 5.03 Å². The van der Waals surface area contributed by atoms with Crippen LogP contribution in [0, 0.1) is 12.7 Å². The first-order valence-corrected chi connectivity index (χ1v) is 8.11. The first-order valence-electron chi connectivity index (χ1n) is 6.67. The second kappa shape index (κ2) is 6.47. The van der Waals surface area contributed by atoms with Crippen LogP contribution in [0.25, 0.3) is 0 Å². The molecule has 0 unspecified atom stereocenters. The van der Waals surface area contributed by atoms with E-state index in [-0.39, 0.29) is 11.6 Å². The van der Waals surface area contributed by atoms with Crippen molar-refractivity contribution in [1.29, 1.82) is 0 Å². The molecule has 1 heterocycles. The number of carbonyl (C=O) groups is 1. The van der Waals surface area contributed by atoms with Crippen molar-refractivity contribution in [1.82, 2.24) is 14.1 Å². The van der Waals surface area contributed by atoms with Crippen molar-refractivity contribution in [2.45, 2.75) is 18.5 Å². The van der Waals surface area contributed by atoms with Crippen molar-refractivity contribution in [2.75, 3.05) is 6.54 Å². The lowest BCUT2D eigenvalue weighted by molar-refractivity contribution is -0.137. The molecule has 0 amide bonds. The number of aryl methyl sites for hydroxylation is 2. The van der Waals surface area contributed by atoms with E-state index >= 15 is 0 Å². The molecule has 0 bridgehead atoms. The fraction of sp³-hybridized carbons (Fsp3) is 0.286. The highest BCUT2D eigenvalue weighted by molar-refractivity contribution is 7.89. The second-order valence-corrected chi connectivity index (χ2v) is 6.91. The summed E-state index contributed by atoms with van der Waals surface area (Å²) in [5.74, 6) is -1.82. The lowest BCUT2D eigenvalue weighted by Gasteiger charge is -2.21. The topological polar surface area (TPSA) is 92.5 Å². The predicted octanol–water partition coefficient (Wildman–Crippen LogP) is 1.14. The van der Waals surface area contributed by atoms with E-state index in [0.29, 0.717) is 11.1 Å². The van der Waals surface area contributed by atoms with Crippen LogP contribution in [-0.2, 0) is 28.4 Å². The molecule has 1 N–H and O–H groups in total. The molecule has 0 radical (unpaired) electrons. The number of halogens is 1. The van der Waals surface area contributed by atoms with Gasteiger partial charge >= 0.3 is 5.97 Å². The van der Waals surface area contributed by atoms with Crippen molar-refractivity contribution < 1.29 is 22.7 Å². The minimum Gasteiger partial charge on any atom is -0.480 e. The van der Waals surface area contributed by atoms with Gasteiger partial charge in [-0.3, -0.25) is 9.48 Å². The molecule has 1 aromatic carbocycles. The van der Waals surface area contributed by atoms with Crippen molar-refractivity contribution >= 4 is 16.0 Å². The summed E-state index contributed by atoms with van der Waals surface area (Å²) in [6.45, 7) is 0.585. The Bertz CT molecular complexity index is 813. The average molecular weight is 341 g/mol. The molecule has 0 atom stereocenters. The van der Waals surface area contributed by atoms with Crippen LogP contribution in [0.3, 0.4) is 0 Å². The zero-order chi connectivity index (χ0) is 17.2. The molecule has 2 aromatic rings. The molecular weight excluding hydrogens is 325 g/mol. The Labute approximate surface area is 133 Å². The van der Waals surface area contributed by atoms with Crippen molar-refractivity contribution in [2.24, 2.45) is 7.05 Å². The summed E-state index contributed by atoms with van der Waals surface area (Å²) in [7, 11) is -2.64. The van der Waals surface area contributed by atoms with E-state index in [2.05, 4.69) is 5.10 Å². The standard InChI is InChI=1S/C14H16FN3O4S/c1-10-7-16-17(2)14(10)23(21,22)18(9-13(19)20)8-11-4-3-5-12(15)6-11/h3-7H,8-9H2,1-2H3,(H,19,20). The minimum absolute atomic E-state index is 0.0878. The van der Waals surface area contributed by atoms with Crippen molar-refractivity contribution in [3.05, 3.63) is 47.4 Å². The van der Waals surface area contributed by atoms with Crippen LogP contribution in [0.15, 0.2) is 35.5 Å². The van der Waals surface area contributed by atoms with E-state index in [4.69, 9.17) is 5.11 Å². The molecule has 0 aliphatic carbocycles. The summed E-state index contributed by atoms with van der Waals surface area (Å²) < 4.78 is 40.8. The third-order valence-corrected chi connectivity index (χ3v) is 5.21. The van der Waals surface area contributed by atoms with Gasteiger partial charge in [0, 0.05) is 19.2 Å². The third kappa shape index (κ3) is 3.74. The van der Waals surface area contributed by atoms with Crippen LogP contribution in [0.2, 0.25) is 0 Å². The molecule has 7 nitrogen and oxygen atoms in total. The molecule has 0 spiro atoms. The van der Waals surface area contributed by atoms with E-state index in [1.165, 1.54) is 42.2 Å². The fourth-order valence-electron chi connectivity index (χ4n) is 2.24. The van der Waals surface area contributed by atoms with Crippen LogP contribution in [0.1, 0.15) is 11.1 Å². The van der Waals surface area contributed by atoms with E-state index in [9.17, 15) is 17.6 Å². The van der Waals surface area contributed by atoms with Gasteiger partial charge in [0.05, 0.1) is 6.20 Å². The van der Waals surface area contributed by atoms with Crippen LogP contribution >= 0.6 is 0 Å². The zero-order valence-electron chi connectivity index (χ0n) is 12.6. The summed E-state index contributed by atoms with van der Waals surface area (Å²) >= 11 is 0. The van der Waals surface area contributed by atoms with Gasteiger partial charge in [-0.1, -0.05) is 12.1 Å². The van der Waals surface area contributed by atoms with Gasteiger partial charge in [-0.05, 0) is 24.6 Å². The van der Waals surface area contributed by atoms with E-state index in [1.807, 2.05) is 0 Å². The van der Waals surface area contributed by atoms with Crippen LogP contribution in [0.4, 0.5) is 4.39 Å². The number of benzene rings is 1. The molecule has 9 heteroatoms. The van der Waals surface area contributed by atoms with Crippen LogP contribution in [-0.4, -0.2) is 40.1 Å². The van der Waals surface area contributed by atoms with Crippen LogP contribution in [0.5, 0.6) is 0 Å². The Kier molecular flexibility index (Phi) is 4.81. The predicted molar refractivity (Wildman–Crippen MR) is 79.6 cm³/mol. The molecule has 0 fully saturated rings. The number of carboxylic acid groups (broad SMARTS) is 1. The summed E-state index contributed by atoms with van der Waals surface area (Å²) in [6, 6.07) is 5.36. The number of carboxylic acids is 1. The lowest BCUT2D eigenvalue weighted by atomic mass is 10.2. The largest absolute Gasteiger partial charge is 0.480 e. The monoisotopic (exact) mass is 341 g/mol. The SMILES string of the molecule is Cc1cnn(C)c1S(=O)(=O)N(CC(=O)O)Cc1cccc(F)c1. The highest BCUT2D eigenvalue weighted by Gasteiger charge is 2.31. The van der Waals surface area contributed by atoms with Gasteiger partial charge < -0.3 is 5.11 Å². The third-order valence-electron chi connectivity index (χ3n) is 3.20. The Hall–Kier alpha value is -2.26. The first-order chi connectivity index (χ1) is 10.7. The Morgan fingerprint density at radius 3 is 2.65 bits per heavy atom. The first kappa shape index (κ1) is 17.1. The van der Waals surface area contributed by atoms with Gasteiger partial charge in [-0.25, -0.2) is 12.8 Å².